The molecule has 0 aliphatic heterocycles. The van der Waals surface area contributed by atoms with Crippen LogP contribution in [-0.2, 0) is 4.79 Å². The minimum absolute atomic E-state index is 0.264. The molecule has 4 aromatic rings. The van der Waals surface area contributed by atoms with E-state index in [1.54, 1.807) is 31.2 Å². The van der Waals surface area contributed by atoms with Gasteiger partial charge in [0.05, 0.1) is 0 Å². The fraction of sp³-hybridized carbons (Fsp3) is 0.100. The van der Waals surface area contributed by atoms with Crippen LogP contribution in [0.4, 0.5) is 5.82 Å². The quantitative estimate of drug-likeness (QED) is 0.508. The first-order valence-corrected chi connectivity index (χ1v) is 9.61. The average molecular weight is 398 g/mol. The summed E-state index contributed by atoms with van der Waals surface area (Å²) >= 11 is 7.48. The van der Waals surface area contributed by atoms with Crippen molar-refractivity contribution in [3.05, 3.63) is 71.2 Å². The number of thiazole rings is 1. The van der Waals surface area contributed by atoms with Gasteiger partial charge < -0.3 is 10.1 Å². The molecular weight excluding hydrogens is 382 g/mol. The molecule has 0 aliphatic carbocycles. The molecule has 2 aromatic heterocycles. The molecule has 0 radical (unpaired) electrons. The molecule has 2 aromatic carbocycles. The van der Waals surface area contributed by atoms with E-state index in [1.807, 2.05) is 46.3 Å². The zero-order chi connectivity index (χ0) is 18.8. The van der Waals surface area contributed by atoms with Crippen molar-refractivity contribution < 1.29 is 9.53 Å². The number of amides is 1. The van der Waals surface area contributed by atoms with E-state index in [0.29, 0.717) is 16.6 Å². The van der Waals surface area contributed by atoms with Crippen molar-refractivity contribution in [2.45, 2.75) is 13.0 Å². The monoisotopic (exact) mass is 397 g/mol. The number of imidazole rings is 1. The number of anilines is 1. The summed E-state index contributed by atoms with van der Waals surface area (Å²) in [5, 5.41) is 5.45. The molecule has 27 heavy (non-hydrogen) atoms. The Balaban J connectivity index is 1.61. The van der Waals surface area contributed by atoms with Gasteiger partial charge in [-0.2, -0.15) is 0 Å². The second-order valence-electron chi connectivity index (χ2n) is 5.94. The molecule has 0 unspecified atom stereocenters. The highest BCUT2D eigenvalue weighted by atomic mass is 35.5. The van der Waals surface area contributed by atoms with Gasteiger partial charge in [-0.15, -0.1) is 11.3 Å². The fourth-order valence-electron chi connectivity index (χ4n) is 2.72. The largest absolute Gasteiger partial charge is 0.481 e. The Morgan fingerprint density at radius 3 is 2.81 bits per heavy atom. The van der Waals surface area contributed by atoms with Crippen molar-refractivity contribution in [2.24, 2.45) is 0 Å². The normalized spacial score (nSPS) is 12.1. The van der Waals surface area contributed by atoms with Gasteiger partial charge in [-0.05, 0) is 25.1 Å². The maximum Gasteiger partial charge on any atom is 0.266 e. The third kappa shape index (κ3) is 3.67. The summed E-state index contributed by atoms with van der Waals surface area (Å²) in [4.78, 5) is 18.2. The number of nitrogens with one attached hydrogen (secondary N) is 1. The van der Waals surface area contributed by atoms with Crippen LogP contribution in [0.3, 0.4) is 0 Å². The van der Waals surface area contributed by atoms with Crippen LogP contribution in [0.15, 0.2) is 66.2 Å². The van der Waals surface area contributed by atoms with Gasteiger partial charge in [0.25, 0.3) is 5.91 Å². The highest BCUT2D eigenvalue weighted by Crippen LogP contribution is 2.30. The molecule has 0 saturated heterocycles. The van der Waals surface area contributed by atoms with Crippen LogP contribution in [0, 0.1) is 0 Å². The molecule has 4 rings (SSSR count). The van der Waals surface area contributed by atoms with E-state index < -0.39 is 6.10 Å². The van der Waals surface area contributed by atoms with Gasteiger partial charge in [0, 0.05) is 22.2 Å². The van der Waals surface area contributed by atoms with Gasteiger partial charge in [0.15, 0.2) is 11.1 Å². The Morgan fingerprint density at radius 1 is 1.22 bits per heavy atom. The maximum absolute atomic E-state index is 12.7. The minimum Gasteiger partial charge on any atom is -0.481 e. The summed E-state index contributed by atoms with van der Waals surface area (Å²) < 4.78 is 7.59. The van der Waals surface area contributed by atoms with Crippen molar-refractivity contribution in [3.8, 4) is 17.0 Å². The number of fused-ring (bicyclic) bond motifs is 1. The maximum atomic E-state index is 12.7. The Hall–Kier alpha value is -2.83. The molecule has 0 fully saturated rings. The Bertz CT molecular complexity index is 1090. The Kier molecular flexibility index (Phi) is 4.83. The first-order chi connectivity index (χ1) is 13.1. The van der Waals surface area contributed by atoms with Crippen molar-refractivity contribution in [3.63, 3.8) is 0 Å². The molecule has 0 bridgehead atoms. The first-order valence-electron chi connectivity index (χ1n) is 8.36. The molecule has 2 heterocycles. The van der Waals surface area contributed by atoms with E-state index in [1.165, 1.54) is 11.3 Å². The van der Waals surface area contributed by atoms with Gasteiger partial charge in [-0.25, -0.2) is 4.98 Å². The van der Waals surface area contributed by atoms with Crippen LogP contribution in [0.2, 0.25) is 5.02 Å². The van der Waals surface area contributed by atoms with Crippen LogP contribution in [0.25, 0.3) is 16.2 Å². The van der Waals surface area contributed by atoms with Crippen molar-refractivity contribution in [2.75, 3.05) is 5.32 Å². The van der Waals surface area contributed by atoms with Crippen LogP contribution in [0.1, 0.15) is 6.92 Å². The SMILES string of the molecule is C[C@H](Oc1cccc(Cl)c1)C(=O)Nc1c(-c2ccccc2)nc2sccn12. The average Bonchev–Trinajstić information content (AvgIpc) is 3.25. The Labute approximate surface area is 165 Å². The lowest BCUT2D eigenvalue weighted by Gasteiger charge is -2.15. The summed E-state index contributed by atoms with van der Waals surface area (Å²) in [7, 11) is 0. The highest BCUT2D eigenvalue weighted by Gasteiger charge is 2.21. The number of rotatable bonds is 5. The smallest absolute Gasteiger partial charge is 0.266 e. The minimum atomic E-state index is -0.698. The van der Waals surface area contributed by atoms with Gasteiger partial charge >= 0.3 is 0 Å². The van der Waals surface area contributed by atoms with Crippen molar-refractivity contribution in [1.29, 1.82) is 0 Å². The first kappa shape index (κ1) is 17.6. The zero-order valence-corrected chi connectivity index (χ0v) is 16.0. The number of benzene rings is 2. The van der Waals surface area contributed by atoms with Crippen LogP contribution >= 0.6 is 22.9 Å². The summed E-state index contributed by atoms with van der Waals surface area (Å²) in [6, 6.07) is 16.7. The predicted octanol–water partition coefficient (Wildman–Crippen LogP) is 5.12. The number of ether oxygens (including phenoxy) is 1. The highest BCUT2D eigenvalue weighted by molar-refractivity contribution is 7.15. The van der Waals surface area contributed by atoms with Gasteiger partial charge in [-0.3, -0.25) is 9.20 Å². The van der Waals surface area contributed by atoms with E-state index in [2.05, 4.69) is 10.3 Å². The Morgan fingerprint density at radius 2 is 2.04 bits per heavy atom. The molecular formula is C20H16ClN3O2S. The lowest BCUT2D eigenvalue weighted by Crippen LogP contribution is -2.30. The topological polar surface area (TPSA) is 55.6 Å². The number of halogens is 1. The third-order valence-corrected chi connectivity index (χ3v) is 5.02. The standard InChI is InChI=1S/C20H16ClN3O2S/c1-13(26-16-9-5-8-15(21)12-16)19(25)23-18-17(14-6-3-2-4-7-14)22-20-24(18)10-11-27-20/h2-13H,1H3,(H,23,25)/t13-/m0/s1. The van der Waals surface area contributed by atoms with Crippen molar-refractivity contribution in [1.82, 2.24) is 9.38 Å². The lowest BCUT2D eigenvalue weighted by atomic mass is 10.1. The van der Waals surface area contributed by atoms with Crippen LogP contribution in [-0.4, -0.2) is 21.4 Å². The number of hydrogen-bond acceptors (Lipinski definition) is 4. The molecule has 1 N–H and O–H groups in total. The summed E-state index contributed by atoms with van der Waals surface area (Å²) in [5.74, 6) is 0.909. The molecule has 0 aliphatic rings. The second kappa shape index (κ2) is 7.42. The molecule has 136 valence electrons. The predicted molar refractivity (Wildman–Crippen MR) is 109 cm³/mol. The summed E-state index contributed by atoms with van der Waals surface area (Å²) in [6.45, 7) is 1.70. The number of nitrogens with zero attached hydrogens (tertiary/aromatic N) is 2. The fourth-order valence-corrected chi connectivity index (χ4v) is 3.61. The number of carbonyl (C=O) groups excluding carboxylic acids is 1. The second-order valence-corrected chi connectivity index (χ2v) is 7.25. The molecule has 7 heteroatoms. The summed E-state index contributed by atoms with van der Waals surface area (Å²) in [6.07, 6.45) is 1.19. The van der Waals surface area contributed by atoms with Gasteiger partial charge in [0.2, 0.25) is 0 Å². The molecule has 1 atom stereocenters. The van der Waals surface area contributed by atoms with E-state index in [0.717, 1.165) is 16.2 Å². The number of aromatic nitrogens is 2. The molecule has 1 amide bonds. The lowest BCUT2D eigenvalue weighted by molar-refractivity contribution is -0.122. The summed E-state index contributed by atoms with van der Waals surface area (Å²) in [5.41, 5.74) is 1.66. The van der Waals surface area contributed by atoms with Gasteiger partial charge in [0.1, 0.15) is 17.3 Å². The number of carbonyl (C=O) groups is 1. The van der Waals surface area contributed by atoms with E-state index in [9.17, 15) is 4.79 Å². The van der Waals surface area contributed by atoms with Crippen molar-refractivity contribution >= 4 is 39.6 Å². The molecule has 0 saturated carbocycles. The number of hydrogen-bond donors (Lipinski definition) is 1. The van der Waals surface area contributed by atoms with Crippen LogP contribution in [0.5, 0.6) is 5.75 Å². The zero-order valence-electron chi connectivity index (χ0n) is 14.4. The van der Waals surface area contributed by atoms with Gasteiger partial charge in [-0.1, -0.05) is 48.0 Å². The van der Waals surface area contributed by atoms with E-state index in [4.69, 9.17) is 16.3 Å². The third-order valence-electron chi connectivity index (χ3n) is 4.03. The molecule has 0 spiro atoms. The van der Waals surface area contributed by atoms with Crippen LogP contribution < -0.4 is 10.1 Å². The molecule has 5 nitrogen and oxygen atoms in total. The van der Waals surface area contributed by atoms with E-state index >= 15 is 0 Å². The van der Waals surface area contributed by atoms with E-state index in [-0.39, 0.29) is 5.91 Å².